The van der Waals surface area contributed by atoms with Gasteiger partial charge in [-0.2, -0.15) is 0 Å². The van der Waals surface area contributed by atoms with E-state index >= 15 is 0 Å². The van der Waals surface area contributed by atoms with Crippen LogP contribution in [0.3, 0.4) is 0 Å². The molecule has 1 aromatic rings. The number of anilines is 1. The topological polar surface area (TPSA) is 57.7 Å². The third kappa shape index (κ3) is 2.12. The van der Waals surface area contributed by atoms with Gasteiger partial charge in [0.05, 0.1) is 17.9 Å². The highest BCUT2D eigenvalue weighted by Gasteiger charge is 2.64. The number of carbonyl (C=O) groups excluding carboxylic acids is 3. The molecule has 3 heterocycles. The standard InChI is InChI=1S/C21H24N2O3/c1-11-6-8-14-13(10-11)7-9-15-16-17(18(12(2)24)22(14)15)20(26)23(19(16)25)21(3,4)5/h6-10,15-18H,1-5H3/t15-,16-,17+,18+/m0/s1. The van der Waals surface area contributed by atoms with E-state index in [0.29, 0.717) is 0 Å². The van der Waals surface area contributed by atoms with Crippen LogP contribution in [0.15, 0.2) is 24.3 Å². The molecule has 5 nitrogen and oxygen atoms in total. The molecule has 5 heteroatoms. The molecule has 136 valence electrons. The lowest BCUT2D eigenvalue weighted by Gasteiger charge is -2.38. The summed E-state index contributed by atoms with van der Waals surface area (Å²) in [5, 5.41) is 0. The maximum absolute atomic E-state index is 13.2. The smallest absolute Gasteiger partial charge is 0.236 e. The van der Waals surface area contributed by atoms with Gasteiger partial charge in [0, 0.05) is 11.2 Å². The Hall–Kier alpha value is -2.43. The van der Waals surface area contributed by atoms with E-state index < -0.39 is 23.4 Å². The molecular formula is C21H24N2O3. The van der Waals surface area contributed by atoms with Gasteiger partial charge in [0.15, 0.2) is 5.78 Å². The summed E-state index contributed by atoms with van der Waals surface area (Å²) in [5.74, 6) is -1.56. The number of rotatable bonds is 1. The summed E-state index contributed by atoms with van der Waals surface area (Å²) in [4.78, 5) is 42.3. The van der Waals surface area contributed by atoms with E-state index in [1.165, 1.54) is 11.8 Å². The molecule has 3 aliphatic heterocycles. The number of aryl methyl sites for hydroxylation is 1. The summed E-state index contributed by atoms with van der Waals surface area (Å²) in [6.45, 7) is 9.13. The van der Waals surface area contributed by atoms with E-state index in [1.54, 1.807) is 0 Å². The number of hydrogen-bond donors (Lipinski definition) is 0. The number of Topliss-reactive ketones (excluding diaryl/α,β-unsaturated/α-hetero) is 1. The highest BCUT2D eigenvalue weighted by molar-refractivity contribution is 6.11. The van der Waals surface area contributed by atoms with Crippen molar-refractivity contribution in [3.63, 3.8) is 0 Å². The Kier molecular flexibility index (Phi) is 3.46. The van der Waals surface area contributed by atoms with Crippen molar-refractivity contribution >= 4 is 29.4 Å². The van der Waals surface area contributed by atoms with Crippen molar-refractivity contribution in [1.82, 2.24) is 4.90 Å². The number of carbonyl (C=O) groups is 3. The summed E-state index contributed by atoms with van der Waals surface area (Å²) in [5.41, 5.74) is 2.51. The van der Waals surface area contributed by atoms with Crippen LogP contribution in [-0.2, 0) is 14.4 Å². The Bertz CT molecular complexity index is 864. The fourth-order valence-corrected chi connectivity index (χ4v) is 4.81. The monoisotopic (exact) mass is 352 g/mol. The second-order valence-electron chi connectivity index (χ2n) is 8.61. The Labute approximate surface area is 153 Å². The Morgan fingerprint density at radius 2 is 1.73 bits per heavy atom. The van der Waals surface area contributed by atoms with Crippen LogP contribution in [0.5, 0.6) is 0 Å². The average Bonchev–Trinajstić information content (AvgIpc) is 3.00. The lowest BCUT2D eigenvalue weighted by molar-refractivity contribution is -0.146. The second-order valence-corrected chi connectivity index (χ2v) is 8.61. The molecule has 0 unspecified atom stereocenters. The molecule has 0 aromatic heterocycles. The highest BCUT2D eigenvalue weighted by atomic mass is 16.2. The lowest BCUT2D eigenvalue weighted by Crippen LogP contribution is -2.52. The number of fused-ring (bicyclic) bond motifs is 5. The van der Waals surface area contributed by atoms with Crippen molar-refractivity contribution in [3.8, 4) is 0 Å². The zero-order valence-corrected chi connectivity index (χ0v) is 15.8. The first-order chi connectivity index (χ1) is 12.1. The molecule has 0 spiro atoms. The van der Waals surface area contributed by atoms with Gasteiger partial charge in [-0.1, -0.05) is 23.8 Å². The number of nitrogens with zero attached hydrogens (tertiary/aromatic N) is 2. The van der Waals surface area contributed by atoms with E-state index in [2.05, 4.69) is 6.07 Å². The van der Waals surface area contributed by atoms with Crippen molar-refractivity contribution < 1.29 is 14.4 Å². The third-order valence-electron chi connectivity index (χ3n) is 5.75. The van der Waals surface area contributed by atoms with E-state index in [-0.39, 0.29) is 23.6 Å². The van der Waals surface area contributed by atoms with Gasteiger partial charge in [-0.05, 0) is 52.3 Å². The molecule has 4 rings (SSSR count). The van der Waals surface area contributed by atoms with E-state index in [9.17, 15) is 14.4 Å². The van der Waals surface area contributed by atoms with Crippen LogP contribution in [0.4, 0.5) is 5.69 Å². The predicted molar refractivity (Wildman–Crippen MR) is 99.5 cm³/mol. The van der Waals surface area contributed by atoms with Gasteiger partial charge in [-0.25, -0.2) is 0 Å². The second kappa shape index (κ2) is 5.29. The molecule has 0 bridgehead atoms. The first kappa shape index (κ1) is 17.0. The van der Waals surface area contributed by atoms with Crippen molar-refractivity contribution in [2.45, 2.75) is 52.2 Å². The van der Waals surface area contributed by atoms with Gasteiger partial charge < -0.3 is 4.90 Å². The maximum atomic E-state index is 13.2. The van der Waals surface area contributed by atoms with E-state index in [0.717, 1.165) is 16.8 Å². The first-order valence-corrected chi connectivity index (χ1v) is 9.08. The van der Waals surface area contributed by atoms with Crippen molar-refractivity contribution in [2.75, 3.05) is 4.90 Å². The number of ketones is 1. The molecule has 2 fully saturated rings. The number of hydrogen-bond acceptors (Lipinski definition) is 4. The predicted octanol–water partition coefficient (Wildman–Crippen LogP) is 2.57. The Morgan fingerprint density at radius 1 is 1.08 bits per heavy atom. The summed E-state index contributed by atoms with van der Waals surface area (Å²) in [6, 6.07) is 5.21. The van der Waals surface area contributed by atoms with Gasteiger partial charge in [-0.15, -0.1) is 0 Å². The zero-order valence-electron chi connectivity index (χ0n) is 15.8. The lowest BCUT2D eigenvalue weighted by atomic mass is 9.88. The van der Waals surface area contributed by atoms with Crippen LogP contribution in [-0.4, -0.2) is 40.1 Å². The molecule has 26 heavy (non-hydrogen) atoms. The van der Waals surface area contributed by atoms with Crippen molar-refractivity contribution in [2.24, 2.45) is 11.8 Å². The van der Waals surface area contributed by atoms with E-state index in [4.69, 9.17) is 0 Å². The highest BCUT2D eigenvalue weighted by Crippen LogP contribution is 2.49. The minimum atomic E-state index is -0.610. The number of amides is 2. The number of imide groups is 1. The molecule has 0 radical (unpaired) electrons. The average molecular weight is 352 g/mol. The molecule has 2 amide bonds. The number of benzene rings is 1. The minimum absolute atomic E-state index is 0.0683. The van der Waals surface area contributed by atoms with Crippen molar-refractivity contribution in [3.05, 3.63) is 35.4 Å². The fraction of sp³-hybridized carbons (Fsp3) is 0.476. The van der Waals surface area contributed by atoms with Crippen LogP contribution in [0.1, 0.15) is 38.8 Å². The minimum Gasteiger partial charge on any atom is -0.353 e. The van der Waals surface area contributed by atoms with Crippen LogP contribution >= 0.6 is 0 Å². The molecule has 3 aliphatic rings. The largest absolute Gasteiger partial charge is 0.353 e. The fourth-order valence-electron chi connectivity index (χ4n) is 4.81. The molecule has 2 saturated heterocycles. The van der Waals surface area contributed by atoms with Crippen LogP contribution < -0.4 is 4.90 Å². The summed E-state index contributed by atoms with van der Waals surface area (Å²) < 4.78 is 0. The summed E-state index contributed by atoms with van der Waals surface area (Å²) >= 11 is 0. The first-order valence-electron chi connectivity index (χ1n) is 9.08. The van der Waals surface area contributed by atoms with E-state index in [1.807, 2.05) is 56.9 Å². The van der Waals surface area contributed by atoms with Crippen LogP contribution in [0.2, 0.25) is 0 Å². The maximum Gasteiger partial charge on any atom is 0.236 e. The molecule has 0 saturated carbocycles. The third-order valence-corrected chi connectivity index (χ3v) is 5.75. The molecule has 0 N–H and O–H groups in total. The van der Waals surface area contributed by atoms with Gasteiger partial charge in [0.25, 0.3) is 0 Å². The molecule has 0 aliphatic carbocycles. The number of likely N-dealkylation sites (tertiary alicyclic amines) is 1. The Balaban J connectivity index is 1.86. The van der Waals surface area contributed by atoms with Crippen molar-refractivity contribution in [1.29, 1.82) is 0 Å². The Morgan fingerprint density at radius 3 is 2.35 bits per heavy atom. The van der Waals surface area contributed by atoms with Crippen LogP contribution in [0.25, 0.3) is 6.08 Å². The van der Waals surface area contributed by atoms with Gasteiger partial charge in [0.2, 0.25) is 11.8 Å². The SMILES string of the molecule is CC(=O)[C@@H]1[C@@H]2C(=O)N(C(C)(C)C)C(=O)[C@H]2[C@@H]2C=Cc3cc(C)ccc3N12. The molecule has 1 aromatic carbocycles. The van der Waals surface area contributed by atoms with Gasteiger partial charge in [-0.3, -0.25) is 19.3 Å². The quantitative estimate of drug-likeness (QED) is 0.729. The summed E-state index contributed by atoms with van der Waals surface area (Å²) in [7, 11) is 0. The normalized spacial score (nSPS) is 29.7. The zero-order chi connectivity index (χ0) is 19.0. The van der Waals surface area contributed by atoms with Gasteiger partial charge >= 0.3 is 0 Å². The van der Waals surface area contributed by atoms with Crippen LogP contribution in [0, 0.1) is 18.8 Å². The van der Waals surface area contributed by atoms with Gasteiger partial charge in [0.1, 0.15) is 6.04 Å². The molecule has 4 atom stereocenters. The molecular weight excluding hydrogens is 328 g/mol. The summed E-state index contributed by atoms with van der Waals surface area (Å²) in [6.07, 6.45) is 4.00.